The molecule has 3 aromatic carbocycles. The third kappa shape index (κ3) is 5.48. The maximum atomic E-state index is 13.6. The molecule has 1 saturated heterocycles. The minimum absolute atomic E-state index is 0.0172. The molecular formula is C32H35NO6. The number of aliphatic hydroxyl groups excluding tert-OH is 1. The van der Waals surface area contributed by atoms with E-state index in [1.165, 1.54) is 12.0 Å². The smallest absolute Gasteiger partial charge is 0.300 e. The summed E-state index contributed by atoms with van der Waals surface area (Å²) in [4.78, 5) is 28.6. The lowest BCUT2D eigenvalue weighted by Gasteiger charge is -2.27. The second kappa shape index (κ2) is 11.2. The van der Waals surface area contributed by atoms with Crippen LogP contribution in [-0.4, -0.2) is 37.1 Å². The Labute approximate surface area is 229 Å². The number of rotatable bonds is 8. The molecule has 39 heavy (non-hydrogen) atoms. The number of ether oxygens (including phenoxy) is 3. The van der Waals surface area contributed by atoms with Gasteiger partial charge in [0.1, 0.15) is 23.0 Å². The second-order valence-electron chi connectivity index (χ2n) is 10.3. The summed E-state index contributed by atoms with van der Waals surface area (Å²) in [5, 5.41) is 11.7. The molecule has 0 bridgehead atoms. The number of anilines is 1. The highest BCUT2D eigenvalue weighted by atomic mass is 16.5. The lowest BCUT2D eigenvalue weighted by Crippen LogP contribution is -2.29. The van der Waals surface area contributed by atoms with E-state index < -0.39 is 17.7 Å². The molecule has 1 atom stereocenters. The number of benzene rings is 3. The van der Waals surface area contributed by atoms with Crippen molar-refractivity contribution in [2.24, 2.45) is 0 Å². The molecule has 1 fully saturated rings. The zero-order valence-corrected chi connectivity index (χ0v) is 23.3. The topological polar surface area (TPSA) is 85.3 Å². The molecule has 1 N–H and O–H groups in total. The van der Waals surface area contributed by atoms with Crippen LogP contribution in [0.3, 0.4) is 0 Å². The number of methoxy groups -OCH3 is 1. The highest BCUT2D eigenvalue weighted by Crippen LogP contribution is 2.44. The largest absolute Gasteiger partial charge is 0.507 e. The molecule has 4 rings (SSSR count). The summed E-state index contributed by atoms with van der Waals surface area (Å²) in [6.45, 7) is 10.9. The Bertz CT molecular complexity index is 1400. The van der Waals surface area contributed by atoms with Crippen LogP contribution < -0.4 is 19.1 Å². The molecule has 7 heteroatoms. The number of nitrogens with zero attached hydrogens (tertiary/aromatic N) is 1. The number of aliphatic hydroxyl groups is 1. The van der Waals surface area contributed by atoms with Crippen LogP contribution in [-0.2, 0) is 15.0 Å². The Kier molecular flexibility index (Phi) is 8.00. The lowest BCUT2D eigenvalue weighted by atomic mass is 9.85. The van der Waals surface area contributed by atoms with Gasteiger partial charge in [0.05, 0.1) is 37.5 Å². The van der Waals surface area contributed by atoms with Gasteiger partial charge < -0.3 is 19.3 Å². The van der Waals surface area contributed by atoms with Crippen LogP contribution in [0.4, 0.5) is 5.69 Å². The van der Waals surface area contributed by atoms with E-state index in [1.807, 2.05) is 38.1 Å². The first kappa shape index (κ1) is 27.8. The van der Waals surface area contributed by atoms with Gasteiger partial charge in [-0.2, -0.15) is 0 Å². The quantitative estimate of drug-likeness (QED) is 0.206. The average molecular weight is 530 g/mol. The Morgan fingerprint density at radius 1 is 0.897 bits per heavy atom. The first-order valence-electron chi connectivity index (χ1n) is 13.1. The maximum absolute atomic E-state index is 13.6. The van der Waals surface area contributed by atoms with Gasteiger partial charge in [-0.1, -0.05) is 51.1 Å². The highest BCUT2D eigenvalue weighted by Gasteiger charge is 2.47. The van der Waals surface area contributed by atoms with Crippen molar-refractivity contribution < 1.29 is 28.9 Å². The summed E-state index contributed by atoms with van der Waals surface area (Å²) < 4.78 is 16.8. The van der Waals surface area contributed by atoms with Crippen LogP contribution >= 0.6 is 0 Å². The van der Waals surface area contributed by atoms with Gasteiger partial charge in [-0.05, 0) is 54.7 Å². The van der Waals surface area contributed by atoms with Crippen LogP contribution in [0.2, 0.25) is 0 Å². The van der Waals surface area contributed by atoms with Crippen LogP contribution in [0.1, 0.15) is 57.4 Å². The third-order valence-electron chi connectivity index (χ3n) is 6.69. The number of Topliss-reactive ketones (excluding diaryl/α,β-unsaturated/α-hetero) is 1. The Morgan fingerprint density at radius 2 is 1.59 bits per heavy atom. The van der Waals surface area contributed by atoms with Gasteiger partial charge in [-0.15, -0.1) is 0 Å². The molecule has 1 unspecified atom stereocenters. The molecule has 0 radical (unpaired) electrons. The standard InChI is InChI=1S/C32H35NO6/c1-7-38-24-16-17-25(26(19-24)39-8-2)29(34)27-28(20-12-14-21(15-13-20)32(3,4)5)33(31(36)30(27)35)22-10-9-11-23(18-22)37-6/h9-19,28,34H,7-8H2,1-6H3/b29-27-. The summed E-state index contributed by atoms with van der Waals surface area (Å²) in [5.74, 6) is -0.356. The van der Waals surface area contributed by atoms with Crippen molar-refractivity contribution in [3.8, 4) is 17.2 Å². The number of ketones is 1. The molecule has 0 aliphatic carbocycles. The first-order chi connectivity index (χ1) is 18.6. The van der Waals surface area contributed by atoms with Crippen LogP contribution in [0.15, 0.2) is 72.3 Å². The summed E-state index contributed by atoms with van der Waals surface area (Å²) in [5.41, 5.74) is 2.49. The monoisotopic (exact) mass is 529 g/mol. The van der Waals surface area contributed by atoms with E-state index in [4.69, 9.17) is 14.2 Å². The van der Waals surface area contributed by atoms with Gasteiger partial charge in [-0.3, -0.25) is 14.5 Å². The lowest BCUT2D eigenvalue weighted by molar-refractivity contribution is -0.132. The van der Waals surface area contributed by atoms with Crippen molar-refractivity contribution in [1.82, 2.24) is 0 Å². The molecule has 7 nitrogen and oxygen atoms in total. The van der Waals surface area contributed by atoms with E-state index in [0.717, 1.165) is 5.56 Å². The molecule has 1 aliphatic heterocycles. The van der Waals surface area contributed by atoms with E-state index in [0.29, 0.717) is 47.3 Å². The van der Waals surface area contributed by atoms with E-state index >= 15 is 0 Å². The average Bonchev–Trinajstić information content (AvgIpc) is 3.18. The Morgan fingerprint density at radius 3 is 2.21 bits per heavy atom. The Balaban J connectivity index is 1.95. The minimum atomic E-state index is -0.868. The Hall–Kier alpha value is -4.26. The molecule has 0 aromatic heterocycles. The van der Waals surface area contributed by atoms with Crippen molar-refractivity contribution >= 4 is 23.1 Å². The van der Waals surface area contributed by atoms with Crippen LogP contribution in [0.25, 0.3) is 5.76 Å². The molecule has 1 heterocycles. The predicted octanol–water partition coefficient (Wildman–Crippen LogP) is 6.42. The van der Waals surface area contributed by atoms with Gasteiger partial charge in [0.25, 0.3) is 11.7 Å². The zero-order chi connectivity index (χ0) is 28.3. The minimum Gasteiger partial charge on any atom is -0.507 e. The van der Waals surface area contributed by atoms with Gasteiger partial charge in [-0.25, -0.2) is 0 Å². The molecular weight excluding hydrogens is 494 g/mol. The number of carbonyl (C=O) groups excluding carboxylic acids is 2. The zero-order valence-electron chi connectivity index (χ0n) is 23.3. The molecule has 3 aromatic rings. The van der Waals surface area contributed by atoms with Crippen LogP contribution in [0, 0.1) is 0 Å². The third-order valence-corrected chi connectivity index (χ3v) is 6.69. The maximum Gasteiger partial charge on any atom is 0.300 e. The highest BCUT2D eigenvalue weighted by molar-refractivity contribution is 6.51. The molecule has 0 spiro atoms. The summed E-state index contributed by atoms with van der Waals surface area (Å²) in [6.07, 6.45) is 0. The number of hydrogen-bond acceptors (Lipinski definition) is 6. The normalized spacial score (nSPS) is 16.9. The molecule has 204 valence electrons. The van der Waals surface area contributed by atoms with Gasteiger partial charge in [0.15, 0.2) is 0 Å². The molecule has 1 amide bonds. The summed E-state index contributed by atoms with van der Waals surface area (Å²) in [7, 11) is 1.54. The van der Waals surface area contributed by atoms with Crippen molar-refractivity contribution in [2.75, 3.05) is 25.2 Å². The number of hydrogen-bond donors (Lipinski definition) is 1. The van der Waals surface area contributed by atoms with Gasteiger partial charge >= 0.3 is 0 Å². The number of carbonyl (C=O) groups is 2. The fourth-order valence-electron chi connectivity index (χ4n) is 4.71. The van der Waals surface area contributed by atoms with Crippen molar-refractivity contribution in [1.29, 1.82) is 0 Å². The van der Waals surface area contributed by atoms with Gasteiger partial charge in [0, 0.05) is 17.8 Å². The summed E-state index contributed by atoms with van der Waals surface area (Å²) in [6, 6.07) is 18.9. The predicted molar refractivity (Wildman–Crippen MR) is 152 cm³/mol. The van der Waals surface area contributed by atoms with Crippen molar-refractivity contribution in [3.05, 3.63) is 89.0 Å². The summed E-state index contributed by atoms with van der Waals surface area (Å²) >= 11 is 0. The molecule has 1 aliphatic rings. The van der Waals surface area contributed by atoms with E-state index in [-0.39, 0.29) is 16.7 Å². The van der Waals surface area contributed by atoms with E-state index in [9.17, 15) is 14.7 Å². The first-order valence-corrected chi connectivity index (χ1v) is 13.1. The van der Waals surface area contributed by atoms with Gasteiger partial charge in [0.2, 0.25) is 0 Å². The fraction of sp³-hybridized carbons (Fsp3) is 0.312. The fourth-order valence-corrected chi connectivity index (χ4v) is 4.71. The van der Waals surface area contributed by atoms with Crippen molar-refractivity contribution in [2.45, 2.75) is 46.1 Å². The van der Waals surface area contributed by atoms with Crippen LogP contribution in [0.5, 0.6) is 17.2 Å². The molecule has 0 saturated carbocycles. The van der Waals surface area contributed by atoms with E-state index in [1.54, 1.807) is 42.5 Å². The SMILES string of the molecule is CCOc1ccc(/C(O)=C2/C(=O)C(=O)N(c3cccc(OC)c3)C2c2ccc(C(C)(C)C)cc2)c(OCC)c1. The second-order valence-corrected chi connectivity index (χ2v) is 10.3. The number of amides is 1. The van der Waals surface area contributed by atoms with E-state index in [2.05, 4.69) is 20.8 Å². The van der Waals surface area contributed by atoms with Crippen molar-refractivity contribution in [3.63, 3.8) is 0 Å².